The molecule has 10 nitrogen and oxygen atoms in total. The quantitative estimate of drug-likeness (QED) is 0.188. The molecule has 0 atom stereocenters. The normalized spacial score (nSPS) is 18.2. The summed E-state index contributed by atoms with van der Waals surface area (Å²) in [6, 6.07) is 17.2. The van der Waals surface area contributed by atoms with Crippen molar-refractivity contribution in [3.63, 3.8) is 0 Å². The molecule has 4 N–H and O–H groups in total. The molecule has 0 spiro atoms. The van der Waals surface area contributed by atoms with E-state index in [0.29, 0.717) is 100.0 Å². The van der Waals surface area contributed by atoms with Crippen LogP contribution < -0.4 is 21.5 Å². The molecule has 5 rings (SSSR count). The van der Waals surface area contributed by atoms with Gasteiger partial charge in [-0.3, -0.25) is 18.6 Å². The van der Waals surface area contributed by atoms with E-state index >= 15 is 0 Å². The van der Waals surface area contributed by atoms with Crippen LogP contribution in [0.3, 0.4) is 0 Å². The van der Waals surface area contributed by atoms with Gasteiger partial charge in [0.15, 0.2) is 0 Å². The number of halogens is 2. The van der Waals surface area contributed by atoms with Crippen molar-refractivity contribution < 1.29 is 27.6 Å². The number of aryl methyl sites for hydroxylation is 2. The molecule has 2 aliphatic rings. The zero-order valence-electron chi connectivity index (χ0n) is 29.3. The third-order valence-corrected chi connectivity index (χ3v) is 8.60. The van der Waals surface area contributed by atoms with Crippen LogP contribution in [0.5, 0.6) is 0 Å². The van der Waals surface area contributed by atoms with Gasteiger partial charge in [-0.05, 0) is 86.4 Å². The van der Waals surface area contributed by atoms with Crippen LogP contribution >= 0.6 is 0 Å². The smallest absolute Gasteiger partial charge is 0.397 e. The molecule has 1 aromatic heterocycles. The van der Waals surface area contributed by atoms with Gasteiger partial charge in [0.1, 0.15) is 0 Å². The molecule has 0 bridgehead atoms. The molecule has 3 aromatic rings. The van der Waals surface area contributed by atoms with E-state index in [9.17, 15) is 8.63 Å². The molecule has 2 aliphatic heterocycles. The van der Waals surface area contributed by atoms with Crippen LogP contribution in [0.1, 0.15) is 41.9 Å². The van der Waals surface area contributed by atoms with E-state index in [0.717, 1.165) is 38.1 Å². The van der Waals surface area contributed by atoms with Gasteiger partial charge in [0.2, 0.25) is 0 Å². The molecule has 0 radical (unpaired) electrons. The van der Waals surface area contributed by atoms with E-state index in [-0.39, 0.29) is 0 Å². The zero-order chi connectivity index (χ0) is 35.6. The maximum atomic E-state index is 14.3. The van der Waals surface area contributed by atoms with Gasteiger partial charge in [-0.25, -0.2) is 5.84 Å². The number of nitrogens with two attached hydrogens (primary N) is 2. The fourth-order valence-corrected chi connectivity index (χ4v) is 6.15. The van der Waals surface area contributed by atoms with Crippen LogP contribution in [0.15, 0.2) is 83.1 Å². The summed E-state index contributed by atoms with van der Waals surface area (Å²) in [5.74, 6) is 6.46. The Morgan fingerprint density at radius 2 is 1.34 bits per heavy atom. The van der Waals surface area contributed by atoms with E-state index in [1.54, 1.807) is 19.2 Å². The Labute approximate surface area is 293 Å². The largest absolute Gasteiger partial charge is 0.677 e. The summed E-state index contributed by atoms with van der Waals surface area (Å²) < 4.78 is 52.3. The highest BCUT2D eigenvalue weighted by Gasteiger charge is 2.29. The average Bonchev–Trinajstić information content (AvgIpc) is 3.58. The SMILES string of the molecule is CC1=CC(C)=N/C1=C(/c1ccc(N(N)/C=C(\N)c2ccc(N3CCOCCOCCOCCOCC3)cc2)cc1)c1c(C)cc(C)n1B(F)F. The summed E-state index contributed by atoms with van der Waals surface area (Å²) in [6.07, 6.45) is 3.62. The minimum atomic E-state index is -2.70. The highest BCUT2D eigenvalue weighted by Crippen LogP contribution is 2.37. The van der Waals surface area contributed by atoms with Gasteiger partial charge in [-0.15, -0.1) is 0 Å². The fourth-order valence-electron chi connectivity index (χ4n) is 6.15. The van der Waals surface area contributed by atoms with Crippen LogP contribution in [0.2, 0.25) is 0 Å². The molecule has 0 amide bonds. The Bertz CT molecular complexity index is 1700. The molecule has 2 aromatic carbocycles. The third-order valence-electron chi connectivity index (χ3n) is 8.60. The molecule has 50 heavy (non-hydrogen) atoms. The van der Waals surface area contributed by atoms with Gasteiger partial charge >= 0.3 is 7.40 Å². The van der Waals surface area contributed by atoms with Crippen molar-refractivity contribution >= 4 is 35.8 Å². The second kappa shape index (κ2) is 17.6. The molecule has 13 heteroatoms. The molecular weight excluding hydrogens is 641 g/mol. The Balaban J connectivity index is 1.32. The molecule has 1 fully saturated rings. The predicted molar refractivity (Wildman–Crippen MR) is 197 cm³/mol. The average molecular weight is 689 g/mol. The van der Waals surface area contributed by atoms with Crippen molar-refractivity contribution in [1.82, 2.24) is 4.48 Å². The number of anilines is 2. The maximum absolute atomic E-state index is 14.3. The minimum absolute atomic E-state index is 0.446. The summed E-state index contributed by atoms with van der Waals surface area (Å²) >= 11 is 0. The number of aromatic nitrogens is 1. The topological polar surface area (TPSA) is 113 Å². The van der Waals surface area contributed by atoms with Crippen LogP contribution in [-0.2, 0) is 18.9 Å². The first-order valence-electron chi connectivity index (χ1n) is 16.9. The first-order valence-corrected chi connectivity index (χ1v) is 16.9. The first-order chi connectivity index (χ1) is 24.1. The first kappa shape index (κ1) is 37.0. The number of hydrogen-bond donors (Lipinski definition) is 2. The molecule has 0 aliphatic carbocycles. The third kappa shape index (κ3) is 9.29. The second-order valence-electron chi connectivity index (χ2n) is 12.3. The van der Waals surface area contributed by atoms with Crippen molar-refractivity contribution in [2.24, 2.45) is 16.6 Å². The van der Waals surface area contributed by atoms with E-state index in [1.807, 2.05) is 75.4 Å². The van der Waals surface area contributed by atoms with Crippen molar-refractivity contribution in [3.05, 3.63) is 106 Å². The summed E-state index contributed by atoms with van der Waals surface area (Å²) in [4.78, 5) is 6.94. The number of hydrogen-bond acceptors (Lipinski definition) is 9. The van der Waals surface area contributed by atoms with Crippen molar-refractivity contribution in [1.29, 1.82) is 0 Å². The van der Waals surface area contributed by atoms with Crippen LogP contribution in [-0.4, -0.2) is 83.5 Å². The molecule has 3 heterocycles. The van der Waals surface area contributed by atoms with Gasteiger partial charge in [-0.1, -0.05) is 24.3 Å². The van der Waals surface area contributed by atoms with Gasteiger partial charge < -0.3 is 34.1 Å². The number of benzene rings is 2. The van der Waals surface area contributed by atoms with Gasteiger partial charge in [0, 0.05) is 47.6 Å². The Hall–Kier alpha value is -4.27. The van der Waals surface area contributed by atoms with Crippen molar-refractivity contribution in [2.45, 2.75) is 27.7 Å². The van der Waals surface area contributed by atoms with E-state index in [2.05, 4.69) is 4.90 Å². The number of rotatable bonds is 7. The Kier molecular flexibility index (Phi) is 13.0. The summed E-state index contributed by atoms with van der Waals surface area (Å²) in [7, 11) is -2.70. The van der Waals surface area contributed by atoms with Crippen molar-refractivity contribution in [3.8, 4) is 0 Å². The second-order valence-corrected chi connectivity index (χ2v) is 12.3. The number of hydrazine groups is 1. The van der Waals surface area contributed by atoms with Gasteiger partial charge in [0.25, 0.3) is 0 Å². The molecule has 266 valence electrons. The Morgan fingerprint density at radius 3 is 1.86 bits per heavy atom. The Morgan fingerprint density at radius 1 is 0.800 bits per heavy atom. The van der Waals surface area contributed by atoms with Crippen LogP contribution in [0, 0.1) is 13.8 Å². The lowest BCUT2D eigenvalue weighted by molar-refractivity contribution is 0.00206. The van der Waals surface area contributed by atoms with Gasteiger partial charge in [-0.2, -0.15) is 0 Å². The minimum Gasteiger partial charge on any atom is -0.397 e. The lowest BCUT2D eigenvalue weighted by Gasteiger charge is -2.25. The van der Waals surface area contributed by atoms with Crippen LogP contribution in [0.25, 0.3) is 11.3 Å². The number of nitrogens with zero attached hydrogens (tertiary/aromatic N) is 4. The van der Waals surface area contributed by atoms with Crippen molar-refractivity contribution in [2.75, 3.05) is 75.9 Å². The van der Waals surface area contributed by atoms with E-state index in [1.165, 1.54) is 5.01 Å². The zero-order valence-corrected chi connectivity index (χ0v) is 29.3. The number of aliphatic imine (C=N–C) groups is 1. The lowest BCUT2D eigenvalue weighted by atomic mass is 9.94. The highest BCUT2D eigenvalue weighted by molar-refractivity contribution is 6.41. The summed E-state index contributed by atoms with van der Waals surface area (Å²) in [5, 5.41) is 1.45. The summed E-state index contributed by atoms with van der Waals surface area (Å²) in [5.41, 5.74) is 15.0. The van der Waals surface area contributed by atoms with Gasteiger partial charge in [0.05, 0.1) is 69.9 Å². The highest BCUT2D eigenvalue weighted by atomic mass is 19.2. The maximum Gasteiger partial charge on any atom is 0.677 e. The van der Waals surface area contributed by atoms with E-state index < -0.39 is 7.40 Å². The lowest BCUT2D eigenvalue weighted by Crippen LogP contribution is -2.31. The fraction of sp³-hybridized carbons (Fsp3) is 0.378. The monoisotopic (exact) mass is 688 g/mol. The van der Waals surface area contributed by atoms with Crippen LogP contribution in [0.4, 0.5) is 20.0 Å². The molecule has 0 saturated carbocycles. The standard InChI is InChI=1S/C37H47BF2N6O4/c1-26-23-28(3)43-36(26)35(37-27(2)24-29(4)46(37)38(39)40)31-7-11-33(12-8-31)45(42)25-34(41)30-5-9-32(10-6-30)44-13-15-47-17-19-49-21-22-50-20-18-48-16-14-44/h5-12,23-25H,13-22,41-42H2,1-4H3/b34-25-,36-35-. The van der Waals surface area contributed by atoms with E-state index in [4.69, 9.17) is 35.5 Å². The summed E-state index contributed by atoms with van der Waals surface area (Å²) in [6.45, 7) is 13.1. The molecule has 0 unspecified atom stereocenters. The predicted octanol–water partition coefficient (Wildman–Crippen LogP) is 5.58. The molecule has 1 saturated heterocycles. The molecular formula is C37H47BF2N6O4. The number of ether oxygens (including phenoxy) is 4. The number of allylic oxidation sites excluding steroid dienone is 2.